The molecule has 0 aromatic carbocycles. The molecule has 3 heteroatoms. The molecule has 0 saturated heterocycles. The van der Waals surface area contributed by atoms with Crippen LogP contribution >= 0.6 is 0 Å². The van der Waals surface area contributed by atoms with Crippen LogP contribution < -0.4 is 0 Å². The van der Waals surface area contributed by atoms with Gasteiger partial charge in [0.1, 0.15) is 5.83 Å². The normalized spacial score (nSPS) is 22.3. The van der Waals surface area contributed by atoms with Gasteiger partial charge in [-0.2, -0.15) is 0 Å². The van der Waals surface area contributed by atoms with Crippen molar-refractivity contribution in [3.05, 3.63) is 24.1 Å². The predicted octanol–water partition coefficient (Wildman–Crippen LogP) is 1.63. The molecule has 0 radical (unpaired) electrons. The van der Waals surface area contributed by atoms with E-state index in [4.69, 9.17) is 5.21 Å². The van der Waals surface area contributed by atoms with Crippen LogP contribution in [-0.4, -0.2) is 10.9 Å². The molecule has 0 atom stereocenters. The Morgan fingerprint density at radius 3 is 2.89 bits per heavy atom. The molecule has 0 amide bonds. The summed E-state index contributed by atoms with van der Waals surface area (Å²) in [6.45, 7) is 0. The fraction of sp³-hybridized carbons (Fsp3) is 0.167. The summed E-state index contributed by atoms with van der Waals surface area (Å²) in [6, 6.07) is 0. The highest BCUT2D eigenvalue weighted by Crippen LogP contribution is 2.07. The molecule has 0 aromatic heterocycles. The second kappa shape index (κ2) is 2.44. The number of hydrogen-bond donors (Lipinski definition) is 1. The molecule has 1 N–H and O–H groups in total. The van der Waals surface area contributed by atoms with Crippen molar-refractivity contribution in [1.82, 2.24) is 0 Å². The summed E-state index contributed by atoms with van der Waals surface area (Å²) < 4.78 is 12.2. The van der Waals surface area contributed by atoms with Gasteiger partial charge >= 0.3 is 0 Å². The number of oxime groups is 1. The van der Waals surface area contributed by atoms with Crippen LogP contribution in [0.5, 0.6) is 0 Å². The van der Waals surface area contributed by atoms with Gasteiger partial charge in [-0.05, 0) is 12.2 Å². The molecule has 2 nitrogen and oxygen atoms in total. The lowest BCUT2D eigenvalue weighted by Crippen LogP contribution is -1.95. The van der Waals surface area contributed by atoms with Gasteiger partial charge in [-0.3, -0.25) is 0 Å². The second-order valence-corrected chi connectivity index (χ2v) is 1.73. The third kappa shape index (κ3) is 1.38. The summed E-state index contributed by atoms with van der Waals surface area (Å²) in [7, 11) is 0. The maximum atomic E-state index is 12.2. The van der Waals surface area contributed by atoms with Crippen molar-refractivity contribution in [3.8, 4) is 0 Å². The van der Waals surface area contributed by atoms with Crippen LogP contribution in [0.15, 0.2) is 29.2 Å². The lowest BCUT2D eigenvalue weighted by atomic mass is 10.1. The van der Waals surface area contributed by atoms with Gasteiger partial charge < -0.3 is 5.21 Å². The highest BCUT2D eigenvalue weighted by molar-refractivity contribution is 5.97. The van der Waals surface area contributed by atoms with E-state index in [0.717, 1.165) is 0 Å². The van der Waals surface area contributed by atoms with Crippen LogP contribution in [0.25, 0.3) is 0 Å². The van der Waals surface area contributed by atoms with Crippen molar-refractivity contribution in [2.45, 2.75) is 6.42 Å². The fourth-order valence-corrected chi connectivity index (χ4v) is 0.628. The van der Waals surface area contributed by atoms with Crippen molar-refractivity contribution in [2.75, 3.05) is 0 Å². The minimum atomic E-state index is -0.367. The van der Waals surface area contributed by atoms with Crippen molar-refractivity contribution in [3.63, 3.8) is 0 Å². The van der Waals surface area contributed by atoms with E-state index < -0.39 is 0 Å². The van der Waals surface area contributed by atoms with E-state index in [1.807, 2.05) is 0 Å². The van der Waals surface area contributed by atoms with Gasteiger partial charge in [0.2, 0.25) is 0 Å². The van der Waals surface area contributed by atoms with Gasteiger partial charge in [0.25, 0.3) is 0 Å². The summed E-state index contributed by atoms with van der Waals surface area (Å²) >= 11 is 0. The van der Waals surface area contributed by atoms with Gasteiger partial charge in [0.15, 0.2) is 0 Å². The lowest BCUT2D eigenvalue weighted by molar-refractivity contribution is 0.318. The van der Waals surface area contributed by atoms with Crippen molar-refractivity contribution >= 4 is 5.71 Å². The van der Waals surface area contributed by atoms with Crippen molar-refractivity contribution in [1.29, 1.82) is 0 Å². The van der Waals surface area contributed by atoms with Crippen molar-refractivity contribution < 1.29 is 9.60 Å². The zero-order chi connectivity index (χ0) is 6.69. The van der Waals surface area contributed by atoms with E-state index in [1.54, 1.807) is 6.08 Å². The van der Waals surface area contributed by atoms with Crippen LogP contribution in [-0.2, 0) is 0 Å². The van der Waals surface area contributed by atoms with Crippen LogP contribution in [0.1, 0.15) is 6.42 Å². The molecular weight excluding hydrogens is 121 g/mol. The molecule has 0 saturated carbocycles. The Bertz CT molecular complexity index is 193. The molecule has 1 rings (SSSR count). The van der Waals surface area contributed by atoms with Crippen LogP contribution in [0.2, 0.25) is 0 Å². The predicted molar refractivity (Wildman–Crippen MR) is 32.2 cm³/mol. The summed E-state index contributed by atoms with van der Waals surface area (Å²) in [4.78, 5) is 0. The number of hydrogen-bond acceptors (Lipinski definition) is 2. The third-order valence-corrected chi connectivity index (χ3v) is 1.04. The maximum absolute atomic E-state index is 12.2. The van der Waals surface area contributed by atoms with E-state index in [-0.39, 0.29) is 5.83 Å². The zero-order valence-corrected chi connectivity index (χ0v) is 4.71. The average Bonchev–Trinajstić information content (AvgIpc) is 1.88. The topological polar surface area (TPSA) is 32.6 Å². The van der Waals surface area contributed by atoms with Gasteiger partial charge in [-0.1, -0.05) is 11.2 Å². The molecule has 0 aromatic rings. The number of nitrogens with zero attached hydrogens (tertiary/aromatic N) is 1. The van der Waals surface area contributed by atoms with Gasteiger partial charge in [0.05, 0.1) is 5.71 Å². The third-order valence-electron chi connectivity index (χ3n) is 1.04. The molecule has 0 unspecified atom stereocenters. The van der Waals surface area contributed by atoms with Crippen LogP contribution in [0.3, 0.4) is 0 Å². The highest BCUT2D eigenvalue weighted by Gasteiger charge is 2.00. The van der Waals surface area contributed by atoms with Crippen molar-refractivity contribution in [2.24, 2.45) is 5.16 Å². The first-order valence-electron chi connectivity index (χ1n) is 2.57. The Kier molecular flexibility index (Phi) is 1.63. The summed E-state index contributed by atoms with van der Waals surface area (Å²) in [5.74, 6) is -0.367. The average molecular weight is 127 g/mol. The number of halogens is 1. The second-order valence-electron chi connectivity index (χ2n) is 1.73. The first-order valence-corrected chi connectivity index (χ1v) is 2.57. The molecule has 1 aliphatic rings. The van der Waals surface area contributed by atoms with Crippen LogP contribution in [0, 0.1) is 0 Å². The monoisotopic (exact) mass is 127 g/mol. The largest absolute Gasteiger partial charge is 0.411 e. The quantitative estimate of drug-likeness (QED) is 0.389. The number of allylic oxidation sites excluding steroid dienone is 4. The molecular formula is C6H6FNO. The smallest absolute Gasteiger partial charge is 0.124 e. The molecule has 0 aliphatic heterocycles. The lowest BCUT2D eigenvalue weighted by Gasteiger charge is -1.97. The molecule has 0 fully saturated rings. The van der Waals surface area contributed by atoms with Gasteiger partial charge in [-0.15, -0.1) is 0 Å². The van der Waals surface area contributed by atoms with E-state index in [9.17, 15) is 4.39 Å². The van der Waals surface area contributed by atoms with E-state index in [1.165, 1.54) is 12.2 Å². The summed E-state index contributed by atoms with van der Waals surface area (Å²) in [5, 5.41) is 11.0. The van der Waals surface area contributed by atoms with Gasteiger partial charge in [-0.25, -0.2) is 4.39 Å². The Morgan fingerprint density at radius 2 is 2.44 bits per heavy atom. The van der Waals surface area contributed by atoms with Gasteiger partial charge in [0, 0.05) is 6.42 Å². The summed E-state index contributed by atoms with van der Waals surface area (Å²) in [5.41, 5.74) is 0.356. The molecule has 0 heterocycles. The molecule has 48 valence electrons. The van der Waals surface area contributed by atoms with E-state index in [2.05, 4.69) is 5.16 Å². The van der Waals surface area contributed by atoms with Crippen LogP contribution in [0.4, 0.5) is 4.39 Å². The molecule has 0 bridgehead atoms. The first-order chi connectivity index (χ1) is 4.33. The molecule has 1 aliphatic carbocycles. The fourth-order valence-electron chi connectivity index (χ4n) is 0.628. The zero-order valence-electron chi connectivity index (χ0n) is 4.71. The van der Waals surface area contributed by atoms with E-state index >= 15 is 0 Å². The minimum Gasteiger partial charge on any atom is -0.411 e. The standard InChI is InChI=1S/C6H6FNO/c7-5-2-1-3-6(4-5)8-9/h1-2,4,9H,3H2. The Labute approximate surface area is 52.0 Å². The minimum absolute atomic E-state index is 0.356. The van der Waals surface area contributed by atoms with E-state index in [0.29, 0.717) is 12.1 Å². The Morgan fingerprint density at radius 1 is 1.67 bits per heavy atom. The Balaban J connectivity index is 2.78. The molecule has 9 heavy (non-hydrogen) atoms. The first kappa shape index (κ1) is 6.01. The SMILES string of the molecule is ON=C1C=C(F)C=CC1. The highest BCUT2D eigenvalue weighted by atomic mass is 19.1. The number of rotatable bonds is 0. The Hall–Kier alpha value is -1.12. The maximum Gasteiger partial charge on any atom is 0.124 e. The summed E-state index contributed by atoms with van der Waals surface area (Å²) in [6.07, 6.45) is 4.64. The molecule has 0 spiro atoms.